The van der Waals surface area contributed by atoms with Gasteiger partial charge in [-0.1, -0.05) is 35.2 Å². The Labute approximate surface area is 104 Å². The second-order valence-electron chi connectivity index (χ2n) is 3.57. The number of unbranched alkanes of at least 4 members (excludes halogenated alkanes) is 3. The summed E-state index contributed by atoms with van der Waals surface area (Å²) in [6, 6.07) is 0. The van der Waals surface area contributed by atoms with Crippen LogP contribution in [0.1, 0.15) is 45.4 Å². The molecular weight excluding hydrogens is 276 g/mol. The fourth-order valence-corrected chi connectivity index (χ4v) is 1.76. The minimum absolute atomic E-state index is 0.215. The third-order valence-corrected chi connectivity index (χ3v) is 2.97. The number of alkyl halides is 1. The van der Waals surface area contributed by atoms with Gasteiger partial charge >= 0.3 is 11.9 Å². The van der Waals surface area contributed by atoms with Crippen molar-refractivity contribution >= 4 is 27.9 Å². The zero-order valence-corrected chi connectivity index (χ0v) is 11.2. The van der Waals surface area contributed by atoms with Crippen molar-refractivity contribution in [3.8, 4) is 0 Å². The largest absolute Gasteiger partial charge is 0.481 e. The molecule has 0 aromatic carbocycles. The molecule has 0 spiro atoms. The van der Waals surface area contributed by atoms with Crippen LogP contribution in [0.3, 0.4) is 0 Å². The molecule has 0 aliphatic heterocycles. The number of halogens is 1. The molecule has 16 heavy (non-hydrogen) atoms. The minimum Gasteiger partial charge on any atom is -0.481 e. The first-order chi connectivity index (χ1) is 7.57. The molecule has 0 saturated heterocycles. The van der Waals surface area contributed by atoms with Gasteiger partial charge in [-0.2, -0.15) is 0 Å². The van der Waals surface area contributed by atoms with E-state index in [1.165, 1.54) is 0 Å². The monoisotopic (exact) mass is 294 g/mol. The Balaban J connectivity index is 3.37. The first-order valence-electron chi connectivity index (χ1n) is 5.60. The van der Waals surface area contributed by atoms with Gasteiger partial charge in [-0.05, 0) is 19.8 Å². The number of hydrogen-bond donors (Lipinski definition) is 1. The number of aliphatic carboxylic acids is 1. The molecule has 0 heterocycles. The fourth-order valence-electron chi connectivity index (χ4n) is 1.30. The van der Waals surface area contributed by atoms with Crippen molar-refractivity contribution in [2.75, 3.05) is 6.61 Å². The highest BCUT2D eigenvalue weighted by Gasteiger charge is 2.14. The molecule has 1 atom stereocenters. The molecule has 0 aliphatic carbocycles. The number of rotatable bonds is 9. The van der Waals surface area contributed by atoms with E-state index in [-0.39, 0.29) is 17.2 Å². The molecule has 0 aromatic rings. The molecule has 0 bridgehead atoms. The Bertz CT molecular complexity index is 218. The third kappa shape index (κ3) is 8.71. The minimum atomic E-state index is -0.745. The number of carboxylic acids is 1. The Morgan fingerprint density at radius 3 is 2.44 bits per heavy atom. The van der Waals surface area contributed by atoms with Gasteiger partial charge in [0.2, 0.25) is 0 Å². The lowest BCUT2D eigenvalue weighted by atomic mass is 10.1. The lowest BCUT2D eigenvalue weighted by molar-refractivity contribution is -0.142. The zero-order valence-electron chi connectivity index (χ0n) is 9.58. The van der Waals surface area contributed by atoms with Crippen LogP contribution in [0.2, 0.25) is 0 Å². The molecule has 5 heteroatoms. The van der Waals surface area contributed by atoms with Gasteiger partial charge in [-0.15, -0.1) is 0 Å². The topological polar surface area (TPSA) is 63.6 Å². The molecule has 4 nitrogen and oxygen atoms in total. The highest BCUT2D eigenvalue weighted by molar-refractivity contribution is 9.10. The molecule has 0 saturated carbocycles. The van der Waals surface area contributed by atoms with Gasteiger partial charge in [-0.3, -0.25) is 9.59 Å². The van der Waals surface area contributed by atoms with Crippen molar-refractivity contribution in [2.24, 2.45) is 0 Å². The Hall–Kier alpha value is -0.580. The molecule has 94 valence electrons. The van der Waals surface area contributed by atoms with Crippen LogP contribution in [-0.2, 0) is 14.3 Å². The highest BCUT2D eigenvalue weighted by atomic mass is 79.9. The fraction of sp³-hybridized carbons (Fsp3) is 0.818. The van der Waals surface area contributed by atoms with E-state index >= 15 is 0 Å². The second kappa shape index (κ2) is 9.63. The summed E-state index contributed by atoms with van der Waals surface area (Å²) >= 11 is 3.27. The van der Waals surface area contributed by atoms with Crippen LogP contribution in [0, 0.1) is 0 Å². The van der Waals surface area contributed by atoms with Gasteiger partial charge in [0.15, 0.2) is 0 Å². The van der Waals surface area contributed by atoms with E-state index < -0.39 is 5.97 Å². The van der Waals surface area contributed by atoms with Gasteiger partial charge in [-0.25, -0.2) is 0 Å². The summed E-state index contributed by atoms with van der Waals surface area (Å²) in [4.78, 5) is 21.2. The summed E-state index contributed by atoms with van der Waals surface area (Å²) in [6.45, 7) is 2.18. The first kappa shape index (κ1) is 15.4. The number of carbonyl (C=O) groups is 2. The second-order valence-corrected chi connectivity index (χ2v) is 4.67. The number of carboxylic acid groups (broad SMARTS) is 1. The van der Waals surface area contributed by atoms with Crippen molar-refractivity contribution < 1.29 is 19.4 Å². The average molecular weight is 295 g/mol. The molecule has 1 unspecified atom stereocenters. The quantitative estimate of drug-likeness (QED) is 0.403. The number of carbonyl (C=O) groups excluding carboxylic acids is 1. The number of hydrogen-bond acceptors (Lipinski definition) is 3. The molecule has 0 aliphatic rings. The lowest BCUT2D eigenvalue weighted by Crippen LogP contribution is -2.17. The van der Waals surface area contributed by atoms with E-state index in [9.17, 15) is 9.59 Å². The molecule has 0 rings (SSSR count). The molecular formula is C11H19BrO4. The van der Waals surface area contributed by atoms with Crippen molar-refractivity contribution in [1.82, 2.24) is 0 Å². The van der Waals surface area contributed by atoms with Crippen LogP contribution in [0.15, 0.2) is 0 Å². The summed E-state index contributed by atoms with van der Waals surface area (Å²) in [5.41, 5.74) is 0. The first-order valence-corrected chi connectivity index (χ1v) is 6.52. The van der Waals surface area contributed by atoms with Crippen LogP contribution in [0.25, 0.3) is 0 Å². The van der Waals surface area contributed by atoms with E-state index in [1.807, 2.05) is 0 Å². The Morgan fingerprint density at radius 1 is 1.25 bits per heavy atom. The normalized spacial score (nSPS) is 12.1. The van der Waals surface area contributed by atoms with Crippen LogP contribution in [0.5, 0.6) is 0 Å². The smallest absolute Gasteiger partial charge is 0.319 e. The maximum Gasteiger partial charge on any atom is 0.319 e. The molecule has 1 N–H and O–H groups in total. The van der Waals surface area contributed by atoms with E-state index in [2.05, 4.69) is 15.9 Å². The van der Waals surface area contributed by atoms with Crippen LogP contribution in [-0.4, -0.2) is 28.5 Å². The van der Waals surface area contributed by atoms with Crippen molar-refractivity contribution in [3.63, 3.8) is 0 Å². The SMILES string of the molecule is CCOC(=O)C(Br)CCCCCCC(=O)O. The van der Waals surface area contributed by atoms with Gasteiger partial charge in [0.1, 0.15) is 4.83 Å². The average Bonchev–Trinajstić information content (AvgIpc) is 2.22. The molecule has 0 fully saturated rings. The summed E-state index contributed by atoms with van der Waals surface area (Å²) in [7, 11) is 0. The predicted molar refractivity (Wildman–Crippen MR) is 64.7 cm³/mol. The lowest BCUT2D eigenvalue weighted by Gasteiger charge is -2.08. The zero-order chi connectivity index (χ0) is 12.4. The predicted octanol–water partition coefficient (Wildman–Crippen LogP) is 2.74. The van der Waals surface area contributed by atoms with Crippen LogP contribution < -0.4 is 0 Å². The summed E-state index contributed by atoms with van der Waals surface area (Å²) in [5.74, 6) is -0.960. The number of ether oxygens (including phenoxy) is 1. The maximum atomic E-state index is 11.2. The Kier molecular flexibility index (Phi) is 9.28. The molecule has 0 aromatic heterocycles. The molecule has 0 amide bonds. The number of esters is 1. The Morgan fingerprint density at radius 2 is 1.88 bits per heavy atom. The van der Waals surface area contributed by atoms with Gasteiger partial charge in [0.25, 0.3) is 0 Å². The van der Waals surface area contributed by atoms with Crippen LogP contribution in [0.4, 0.5) is 0 Å². The van der Waals surface area contributed by atoms with Gasteiger partial charge in [0, 0.05) is 6.42 Å². The van der Waals surface area contributed by atoms with E-state index in [1.54, 1.807) is 6.92 Å². The maximum absolute atomic E-state index is 11.2. The summed E-state index contributed by atoms with van der Waals surface area (Å²) in [6.07, 6.45) is 4.45. The highest BCUT2D eigenvalue weighted by Crippen LogP contribution is 2.14. The van der Waals surface area contributed by atoms with Crippen molar-refractivity contribution in [1.29, 1.82) is 0 Å². The van der Waals surface area contributed by atoms with Gasteiger partial charge in [0.05, 0.1) is 6.61 Å². The van der Waals surface area contributed by atoms with Crippen molar-refractivity contribution in [2.45, 2.75) is 50.3 Å². The summed E-state index contributed by atoms with van der Waals surface area (Å²) in [5, 5.41) is 8.42. The molecule has 0 radical (unpaired) electrons. The van der Waals surface area contributed by atoms with Gasteiger partial charge < -0.3 is 9.84 Å². The summed E-state index contributed by atoms with van der Waals surface area (Å²) < 4.78 is 4.85. The standard InChI is InChI=1S/C11H19BrO4/c1-2-16-11(15)9(12)7-5-3-4-6-8-10(13)14/h9H,2-8H2,1H3,(H,13,14). The van der Waals surface area contributed by atoms with E-state index in [0.29, 0.717) is 13.0 Å². The third-order valence-electron chi connectivity index (χ3n) is 2.14. The van der Waals surface area contributed by atoms with Crippen LogP contribution >= 0.6 is 15.9 Å². The van der Waals surface area contributed by atoms with Crippen molar-refractivity contribution in [3.05, 3.63) is 0 Å². The van der Waals surface area contributed by atoms with E-state index in [4.69, 9.17) is 9.84 Å². The van der Waals surface area contributed by atoms with E-state index in [0.717, 1.165) is 25.7 Å².